The molecule has 10 nitrogen and oxygen atoms in total. The van der Waals surface area contributed by atoms with Gasteiger partial charge >= 0.3 is 13.2 Å². The Labute approximate surface area is 252 Å². The van der Waals surface area contributed by atoms with E-state index in [1.165, 1.54) is 20.3 Å². The number of ether oxygens (including phenoxy) is 2. The Kier molecular flexibility index (Phi) is 6.66. The third kappa shape index (κ3) is 3.87. The maximum absolute atomic E-state index is 16.2. The van der Waals surface area contributed by atoms with Crippen LogP contribution in [0.2, 0.25) is 0 Å². The minimum absolute atomic E-state index is 0.123. The number of aryl methyl sites for hydroxylation is 2. The number of imide groups is 2. The smallest absolute Gasteiger partial charge is 0.491 e. The van der Waals surface area contributed by atoms with E-state index in [1.807, 2.05) is 39.8 Å². The Morgan fingerprint density at radius 3 is 2.35 bits per heavy atom. The average molecular weight is 603 g/mol. The van der Waals surface area contributed by atoms with Crippen molar-refractivity contribution in [1.29, 1.82) is 0 Å². The molecule has 0 N–H and O–H groups in total. The van der Waals surface area contributed by atoms with E-state index in [9.17, 15) is 19.2 Å². The number of methoxy groups -OCH3 is 2. The highest BCUT2D eigenvalue weighted by atomic mass is 32.2. The summed E-state index contributed by atoms with van der Waals surface area (Å²) >= 11 is 1.12. The van der Waals surface area contributed by atoms with E-state index in [-0.39, 0.29) is 23.6 Å². The van der Waals surface area contributed by atoms with Crippen LogP contribution >= 0.6 is 11.8 Å². The van der Waals surface area contributed by atoms with Gasteiger partial charge in [0.25, 0.3) is 11.8 Å². The van der Waals surface area contributed by atoms with Crippen LogP contribution in [0.15, 0.2) is 53.4 Å². The van der Waals surface area contributed by atoms with Gasteiger partial charge in [-0.3, -0.25) is 23.7 Å². The number of carbonyl (C=O) groups excluding carboxylic acids is 4. The average Bonchev–Trinajstić information content (AvgIpc) is 3.63. The van der Waals surface area contributed by atoms with Crippen molar-refractivity contribution in [3.05, 3.63) is 76.0 Å². The van der Waals surface area contributed by atoms with E-state index in [2.05, 4.69) is 0 Å². The Hall–Kier alpha value is -4.23. The van der Waals surface area contributed by atoms with Crippen molar-refractivity contribution in [3.63, 3.8) is 0 Å². The summed E-state index contributed by atoms with van der Waals surface area (Å²) in [5.41, 5.74) is 5.54. The van der Waals surface area contributed by atoms with Gasteiger partial charge in [0.15, 0.2) is 17.2 Å². The monoisotopic (exact) mass is 603 g/mol. The molecule has 1 fully saturated rings. The van der Waals surface area contributed by atoms with Crippen LogP contribution in [-0.4, -0.2) is 71.0 Å². The van der Waals surface area contributed by atoms with Crippen LogP contribution in [0.1, 0.15) is 42.8 Å². The highest BCUT2D eigenvalue weighted by Crippen LogP contribution is 2.46. The van der Waals surface area contributed by atoms with Gasteiger partial charge in [-0.2, -0.15) is 0 Å². The highest BCUT2D eigenvalue weighted by molar-refractivity contribution is 8.00. The molecule has 0 aliphatic carbocycles. The summed E-state index contributed by atoms with van der Waals surface area (Å²) in [4.78, 5) is 54.1. The van der Waals surface area contributed by atoms with Gasteiger partial charge in [-0.15, -0.1) is 11.8 Å². The molecule has 4 aliphatic rings. The summed E-state index contributed by atoms with van der Waals surface area (Å²) in [6, 6.07) is 6.61. The normalized spacial score (nSPS) is 21.8. The topological polar surface area (TPSA) is 101 Å². The number of thioether (sulfide) groups is 1. The quantitative estimate of drug-likeness (QED) is 0.283. The fourth-order valence-corrected chi connectivity index (χ4v) is 7.18. The van der Waals surface area contributed by atoms with E-state index in [0.717, 1.165) is 38.8 Å². The maximum atomic E-state index is 16.2. The van der Waals surface area contributed by atoms with E-state index in [0.29, 0.717) is 33.9 Å². The molecule has 1 atom stereocenters. The van der Waals surface area contributed by atoms with Gasteiger partial charge in [0.2, 0.25) is 10.8 Å². The predicted octanol–water partition coefficient (Wildman–Crippen LogP) is 3.49. The van der Waals surface area contributed by atoms with E-state index in [1.54, 1.807) is 27.4 Å². The van der Waals surface area contributed by atoms with Crippen molar-refractivity contribution in [3.8, 4) is 0 Å². The number of hydrogen-bond donors (Lipinski definition) is 0. The lowest BCUT2D eigenvalue weighted by atomic mass is 9.86. The third-order valence-electron chi connectivity index (χ3n) is 8.42. The van der Waals surface area contributed by atoms with Gasteiger partial charge in [-0.05, 0) is 56.9 Å². The van der Waals surface area contributed by atoms with Crippen molar-refractivity contribution in [2.24, 2.45) is 0 Å². The standard InChI is InChI=1S/C30H29BFN4O6S/c1-15-10-17(3)35-26(15)25(27-16(2)11-18(4)36(27)31(35)32)20-9-8-19(33-24(38)14-30(42-6,43-7)29(33)40)12-21(20)34-23(37)13-22(41-5)28(34)39/h8-13H,14H2,1-7H3/q+1. The van der Waals surface area contributed by atoms with Gasteiger partial charge in [-0.1, -0.05) is 0 Å². The Bertz CT molecular complexity index is 1820. The SMILES string of the molecule is COC1=CC(=O)N(c2cc(N3C(=O)CC(OC)(SC)C3=O)ccc2C2=C3C(C)=CC(C)=[N+]3B(F)n3c(C)cc(C)c32)C1=O. The number of anilines is 2. The van der Waals surface area contributed by atoms with Gasteiger partial charge in [0.05, 0.1) is 42.2 Å². The Morgan fingerprint density at radius 2 is 1.74 bits per heavy atom. The van der Waals surface area contributed by atoms with Crippen LogP contribution in [0, 0.1) is 13.8 Å². The number of fused-ring (bicyclic) bond motifs is 2. The van der Waals surface area contributed by atoms with E-state index in [4.69, 9.17) is 9.47 Å². The van der Waals surface area contributed by atoms with Crippen LogP contribution in [0.5, 0.6) is 0 Å². The zero-order chi connectivity index (χ0) is 31.1. The molecule has 4 amide bonds. The third-order valence-corrected chi connectivity index (χ3v) is 9.56. The van der Waals surface area contributed by atoms with Crippen LogP contribution < -0.4 is 9.80 Å². The van der Waals surface area contributed by atoms with E-state index >= 15 is 4.32 Å². The molecule has 220 valence electrons. The van der Waals surface area contributed by atoms with Crippen LogP contribution in [0.25, 0.3) is 5.57 Å². The predicted molar refractivity (Wildman–Crippen MR) is 161 cm³/mol. The number of amides is 4. The van der Waals surface area contributed by atoms with Gasteiger partial charge in [-0.25, -0.2) is 18.6 Å². The molecule has 1 aromatic carbocycles. The molecule has 13 heteroatoms. The highest BCUT2D eigenvalue weighted by Gasteiger charge is 2.54. The lowest BCUT2D eigenvalue weighted by Crippen LogP contribution is -2.41. The van der Waals surface area contributed by atoms with Crippen LogP contribution in [0.3, 0.4) is 0 Å². The summed E-state index contributed by atoms with van der Waals surface area (Å²) in [5.74, 6) is -2.56. The number of rotatable bonds is 6. The number of aromatic nitrogens is 1. The number of benzene rings is 1. The van der Waals surface area contributed by atoms with Crippen LogP contribution in [0.4, 0.5) is 15.7 Å². The molecule has 1 unspecified atom stereocenters. The first-order valence-electron chi connectivity index (χ1n) is 13.6. The largest absolute Gasteiger partial charge is 0.846 e. The molecule has 2 aromatic rings. The lowest BCUT2D eigenvalue weighted by Gasteiger charge is -2.27. The molecule has 5 heterocycles. The fraction of sp³-hybridized carbons (Fsp3) is 0.300. The molecule has 4 aliphatic heterocycles. The van der Waals surface area contributed by atoms with Crippen molar-refractivity contribution < 1.29 is 37.5 Å². The molecule has 0 saturated carbocycles. The van der Waals surface area contributed by atoms with Crippen molar-refractivity contribution in [2.45, 2.75) is 39.0 Å². The van der Waals surface area contributed by atoms with Gasteiger partial charge in [0.1, 0.15) is 0 Å². The minimum Gasteiger partial charge on any atom is -0.491 e. The van der Waals surface area contributed by atoms with Crippen molar-refractivity contribution >= 4 is 65.3 Å². The molecular formula is C30H29BFN4O6S+. The fourth-order valence-electron chi connectivity index (χ4n) is 6.48. The second-order valence-electron chi connectivity index (χ2n) is 10.8. The van der Waals surface area contributed by atoms with Crippen molar-refractivity contribution in [1.82, 2.24) is 4.48 Å². The molecule has 6 rings (SSSR count). The minimum atomic E-state index is -1.51. The lowest BCUT2D eigenvalue weighted by molar-refractivity contribution is -0.336. The zero-order valence-electron chi connectivity index (χ0n) is 24.8. The number of nitrogens with zero attached hydrogens (tertiary/aromatic N) is 4. The van der Waals surface area contributed by atoms with E-state index < -0.39 is 35.8 Å². The summed E-state index contributed by atoms with van der Waals surface area (Å²) in [5, 5.41) is 0. The maximum Gasteiger partial charge on any atom is 0.846 e. The first-order valence-corrected chi connectivity index (χ1v) is 14.8. The van der Waals surface area contributed by atoms with Crippen LogP contribution in [-0.2, 0) is 28.7 Å². The molecule has 0 bridgehead atoms. The number of halogens is 1. The first kappa shape index (κ1) is 28.9. The molecule has 43 heavy (non-hydrogen) atoms. The first-order chi connectivity index (χ1) is 20.4. The molecule has 0 radical (unpaired) electrons. The summed E-state index contributed by atoms with van der Waals surface area (Å²) in [6.07, 6.45) is 4.49. The number of hydrogen-bond acceptors (Lipinski definition) is 7. The molecule has 1 saturated heterocycles. The summed E-state index contributed by atoms with van der Waals surface area (Å²) in [7, 11) is 1.15. The Balaban J connectivity index is 1.65. The summed E-state index contributed by atoms with van der Waals surface area (Å²) < 4.78 is 30.0. The number of allylic oxidation sites excluding steroid dienone is 2. The molecule has 0 spiro atoms. The second kappa shape index (κ2) is 9.92. The molecular weight excluding hydrogens is 574 g/mol. The van der Waals surface area contributed by atoms with Crippen molar-refractivity contribution in [2.75, 3.05) is 30.3 Å². The number of carbonyl (C=O) groups is 4. The Morgan fingerprint density at radius 1 is 1.02 bits per heavy atom. The zero-order valence-corrected chi connectivity index (χ0v) is 25.6. The van der Waals surface area contributed by atoms with Gasteiger partial charge in [0, 0.05) is 36.9 Å². The van der Waals surface area contributed by atoms with Gasteiger partial charge < -0.3 is 9.47 Å². The summed E-state index contributed by atoms with van der Waals surface area (Å²) in [6.45, 7) is 7.40. The molecule has 1 aromatic heterocycles. The second-order valence-corrected chi connectivity index (χ2v) is 11.9.